The van der Waals surface area contributed by atoms with Crippen molar-refractivity contribution in [1.29, 1.82) is 0 Å². The second kappa shape index (κ2) is 9.79. The number of aryl methyl sites for hydroxylation is 4. The predicted octanol–water partition coefficient (Wildman–Crippen LogP) is 3.39. The maximum Gasteiger partial charge on any atom is 0.257 e. The molecular weight excluding hydrogens is 485 g/mol. The van der Waals surface area contributed by atoms with Gasteiger partial charge in [-0.15, -0.1) is 10.2 Å². The van der Waals surface area contributed by atoms with E-state index in [0.717, 1.165) is 23.6 Å². The summed E-state index contributed by atoms with van der Waals surface area (Å²) >= 11 is 0. The molecule has 1 N–H and O–H groups in total. The number of hydrogen-bond acceptors (Lipinski definition) is 6. The number of carbonyl (C=O) groups is 1. The number of piperidine rings is 3. The van der Waals surface area contributed by atoms with Crippen LogP contribution in [0.3, 0.4) is 0 Å². The number of carbonyl (C=O) groups excluding carboxylic acids is 1. The predicted molar refractivity (Wildman–Crippen MR) is 140 cm³/mol. The number of amides is 1. The lowest BCUT2D eigenvalue weighted by atomic mass is 9.83. The van der Waals surface area contributed by atoms with Crippen molar-refractivity contribution < 1.29 is 9.18 Å². The number of nitrogens with zero attached hydrogens (tertiary/aromatic N) is 8. The van der Waals surface area contributed by atoms with Gasteiger partial charge in [-0.3, -0.25) is 14.2 Å². The molecule has 3 fully saturated rings. The van der Waals surface area contributed by atoms with Crippen LogP contribution in [0.1, 0.15) is 46.3 Å². The van der Waals surface area contributed by atoms with Crippen LogP contribution in [0.2, 0.25) is 0 Å². The Morgan fingerprint density at radius 2 is 1.92 bits per heavy atom. The number of halogens is 1. The number of rotatable bonds is 7. The molecule has 10 nitrogen and oxygen atoms in total. The van der Waals surface area contributed by atoms with E-state index in [2.05, 4.69) is 42.3 Å². The molecule has 0 spiro atoms. The van der Waals surface area contributed by atoms with Gasteiger partial charge in [0.2, 0.25) is 0 Å². The van der Waals surface area contributed by atoms with Gasteiger partial charge in [0.05, 0.1) is 17.5 Å². The third-order valence-electron chi connectivity index (χ3n) is 7.97. The molecule has 4 aromatic rings. The monoisotopic (exact) mass is 517 g/mol. The second-order valence-electron chi connectivity index (χ2n) is 10.5. The van der Waals surface area contributed by atoms with Crippen molar-refractivity contribution >= 4 is 11.6 Å². The summed E-state index contributed by atoms with van der Waals surface area (Å²) in [5.74, 6) is 0.0368. The minimum absolute atomic E-state index is 0.198. The van der Waals surface area contributed by atoms with Crippen molar-refractivity contribution in [2.24, 2.45) is 13.0 Å². The van der Waals surface area contributed by atoms with Gasteiger partial charge in [-0.1, -0.05) is 10.4 Å². The normalized spacial score (nSPS) is 20.7. The summed E-state index contributed by atoms with van der Waals surface area (Å²) in [5.41, 5.74) is 4.77. The Hall–Kier alpha value is -3.86. The van der Waals surface area contributed by atoms with E-state index in [4.69, 9.17) is 0 Å². The molecule has 3 saturated heterocycles. The van der Waals surface area contributed by atoms with Crippen LogP contribution in [-0.2, 0) is 20.0 Å². The molecule has 38 heavy (non-hydrogen) atoms. The Kier molecular flexibility index (Phi) is 6.30. The first kappa shape index (κ1) is 24.5. The largest absolute Gasteiger partial charge is 0.344 e. The lowest BCUT2D eigenvalue weighted by molar-refractivity contribution is 0.0554. The van der Waals surface area contributed by atoms with Crippen LogP contribution in [0.25, 0.3) is 11.3 Å². The molecule has 3 aromatic heterocycles. The zero-order valence-corrected chi connectivity index (χ0v) is 21.9. The topological polar surface area (TPSA) is 98.7 Å². The smallest absolute Gasteiger partial charge is 0.257 e. The standard InChI is InChI=1S/C27H32FN9O/c1-17-12-22(18(2)37(17)26-16-35-9-6-19(26)7-10-35)27(38)29-20-4-5-24(28)23(13-20)25-15-36(33-31-25)11-8-21-14-34(3)32-30-21/h4-5,12-15,19,26H,6-11,16H2,1-3H3,(H,29,38). The number of hydrogen-bond donors (Lipinski definition) is 1. The minimum atomic E-state index is -0.426. The van der Waals surface area contributed by atoms with Crippen LogP contribution in [0.5, 0.6) is 0 Å². The maximum absolute atomic E-state index is 14.8. The van der Waals surface area contributed by atoms with Crippen molar-refractivity contribution in [3.8, 4) is 11.3 Å². The molecule has 3 aliphatic heterocycles. The zero-order chi connectivity index (χ0) is 26.4. The van der Waals surface area contributed by atoms with Crippen LogP contribution in [0.15, 0.2) is 36.7 Å². The molecule has 3 aliphatic rings. The van der Waals surface area contributed by atoms with Crippen molar-refractivity contribution in [3.05, 3.63) is 65.1 Å². The third-order valence-corrected chi connectivity index (χ3v) is 7.97. The van der Waals surface area contributed by atoms with Gasteiger partial charge in [0.15, 0.2) is 0 Å². The highest BCUT2D eigenvalue weighted by Gasteiger charge is 2.36. The average Bonchev–Trinajstić information content (AvgIpc) is 3.63. The van der Waals surface area contributed by atoms with Gasteiger partial charge in [0, 0.05) is 61.4 Å². The Bertz CT molecular complexity index is 1480. The quantitative estimate of drug-likeness (QED) is 0.404. The van der Waals surface area contributed by atoms with Gasteiger partial charge in [0.1, 0.15) is 11.5 Å². The lowest BCUT2D eigenvalue weighted by Gasteiger charge is -2.46. The molecule has 198 valence electrons. The molecule has 0 aliphatic carbocycles. The number of nitrogens with one attached hydrogen (secondary N) is 1. The first-order valence-corrected chi connectivity index (χ1v) is 13.1. The summed E-state index contributed by atoms with van der Waals surface area (Å²) in [6.07, 6.45) is 6.60. The first-order chi connectivity index (χ1) is 18.4. The van der Waals surface area contributed by atoms with Crippen LogP contribution in [-0.4, -0.2) is 65.0 Å². The Morgan fingerprint density at radius 1 is 1.11 bits per heavy atom. The number of anilines is 1. The van der Waals surface area contributed by atoms with Crippen molar-refractivity contribution in [3.63, 3.8) is 0 Å². The van der Waals surface area contributed by atoms with E-state index >= 15 is 0 Å². The van der Waals surface area contributed by atoms with E-state index in [-0.39, 0.29) is 11.5 Å². The van der Waals surface area contributed by atoms with Crippen molar-refractivity contribution in [2.45, 2.75) is 45.7 Å². The molecule has 0 saturated carbocycles. The molecule has 11 heteroatoms. The van der Waals surface area contributed by atoms with E-state index < -0.39 is 5.82 Å². The zero-order valence-electron chi connectivity index (χ0n) is 21.9. The van der Waals surface area contributed by atoms with Gasteiger partial charge in [-0.25, -0.2) is 4.39 Å². The van der Waals surface area contributed by atoms with Gasteiger partial charge in [-0.05, 0) is 70.0 Å². The van der Waals surface area contributed by atoms with Crippen LogP contribution < -0.4 is 5.32 Å². The van der Waals surface area contributed by atoms with E-state index in [1.54, 1.807) is 27.7 Å². The SMILES string of the molecule is Cc1cc(C(=O)Nc2ccc(F)c(-c3cn(CCc4cn(C)nn4)nn3)c2)c(C)n1C1CN2CCC1CC2. The highest BCUT2D eigenvalue weighted by Crippen LogP contribution is 2.38. The summed E-state index contributed by atoms with van der Waals surface area (Å²) in [4.78, 5) is 15.9. The van der Waals surface area contributed by atoms with Crippen LogP contribution in [0, 0.1) is 25.6 Å². The fourth-order valence-electron chi connectivity index (χ4n) is 6.01. The number of fused-ring (bicyclic) bond motifs is 3. The van der Waals surface area contributed by atoms with Gasteiger partial charge >= 0.3 is 0 Å². The first-order valence-electron chi connectivity index (χ1n) is 13.1. The minimum Gasteiger partial charge on any atom is -0.344 e. The molecule has 1 unspecified atom stereocenters. The molecule has 1 amide bonds. The summed E-state index contributed by atoms with van der Waals surface area (Å²) in [5, 5.41) is 19.2. The molecular formula is C27H32FN9O. The fourth-order valence-corrected chi connectivity index (χ4v) is 6.01. The lowest BCUT2D eigenvalue weighted by Crippen LogP contribution is -2.48. The number of aromatic nitrogens is 7. The Labute approximate surface area is 220 Å². The fraction of sp³-hybridized carbons (Fsp3) is 0.444. The second-order valence-corrected chi connectivity index (χ2v) is 10.5. The molecule has 6 heterocycles. The number of benzene rings is 1. The summed E-state index contributed by atoms with van der Waals surface area (Å²) in [6, 6.07) is 6.90. The molecule has 0 radical (unpaired) electrons. The summed E-state index contributed by atoms with van der Waals surface area (Å²) < 4.78 is 20.4. The maximum atomic E-state index is 14.8. The highest BCUT2D eigenvalue weighted by molar-refractivity contribution is 6.05. The van der Waals surface area contributed by atoms with Gasteiger partial charge in [-0.2, -0.15) is 0 Å². The molecule has 2 bridgehead atoms. The molecule has 1 atom stereocenters. The molecule has 7 rings (SSSR count). The van der Waals surface area contributed by atoms with Gasteiger partial charge in [0.25, 0.3) is 5.91 Å². The Balaban J connectivity index is 1.18. The van der Waals surface area contributed by atoms with E-state index in [1.807, 2.05) is 26.2 Å². The van der Waals surface area contributed by atoms with Crippen LogP contribution >= 0.6 is 0 Å². The van der Waals surface area contributed by atoms with E-state index in [0.29, 0.717) is 41.9 Å². The summed E-state index contributed by atoms with van der Waals surface area (Å²) in [6.45, 7) is 8.04. The Morgan fingerprint density at radius 3 is 2.63 bits per heavy atom. The molecule has 1 aromatic carbocycles. The van der Waals surface area contributed by atoms with Crippen LogP contribution in [0.4, 0.5) is 10.1 Å². The van der Waals surface area contributed by atoms with Crippen molar-refractivity contribution in [1.82, 2.24) is 39.5 Å². The summed E-state index contributed by atoms with van der Waals surface area (Å²) in [7, 11) is 1.81. The average molecular weight is 518 g/mol. The third kappa shape index (κ3) is 4.62. The van der Waals surface area contributed by atoms with Gasteiger partial charge < -0.3 is 14.8 Å². The van der Waals surface area contributed by atoms with E-state index in [9.17, 15) is 9.18 Å². The van der Waals surface area contributed by atoms with Crippen molar-refractivity contribution in [2.75, 3.05) is 25.0 Å². The van der Waals surface area contributed by atoms with E-state index in [1.165, 1.54) is 32.0 Å². The highest BCUT2D eigenvalue weighted by atomic mass is 19.1.